The largest absolute Gasteiger partial charge is 0.147 e. The predicted molar refractivity (Wildman–Crippen MR) is 235 cm³/mol. The van der Waals surface area contributed by atoms with Gasteiger partial charge in [-0.05, 0) is 0 Å². The van der Waals surface area contributed by atoms with Gasteiger partial charge in [-0.1, -0.05) is 0 Å². The Bertz CT molecular complexity index is 2440. The maximum atomic E-state index is 6.61. The number of halogens is 2. The first-order chi connectivity index (χ1) is 24.6. The molecular weight excluding hydrogens is 799 g/mol. The molecule has 0 spiro atoms. The molecule has 0 aliphatic heterocycles. The van der Waals surface area contributed by atoms with Crippen LogP contribution in [0.5, 0.6) is 0 Å². The summed E-state index contributed by atoms with van der Waals surface area (Å²) < 4.78 is 19.1. The zero-order chi connectivity index (χ0) is 36.9. The average Bonchev–Trinajstić information content (AvgIpc) is 3.89. The van der Waals surface area contributed by atoms with Gasteiger partial charge in [-0.2, -0.15) is 0 Å². The van der Waals surface area contributed by atoms with E-state index in [1.165, 1.54) is 89.0 Å². The number of hydrogen-bond acceptors (Lipinski definition) is 2. The molecule has 54 heavy (non-hydrogen) atoms. The normalized spacial score (nSPS) is 16.3. The summed E-state index contributed by atoms with van der Waals surface area (Å²) in [5.74, 6) is 3.89. The molecule has 2 aliphatic rings. The number of aryl methyl sites for hydroxylation is 6. The van der Waals surface area contributed by atoms with E-state index < -0.39 is 17.4 Å². The summed E-state index contributed by atoms with van der Waals surface area (Å²) in [4.78, 5) is 0. The van der Waals surface area contributed by atoms with Crippen LogP contribution >= 0.6 is 24.8 Å². The van der Waals surface area contributed by atoms with Crippen molar-refractivity contribution in [1.29, 1.82) is 0 Å². The van der Waals surface area contributed by atoms with Crippen LogP contribution in [-0.4, -0.2) is 6.88 Å². The second-order valence-corrected chi connectivity index (χ2v) is 47.3. The Balaban J connectivity index is 0.00000249. The van der Waals surface area contributed by atoms with Crippen molar-refractivity contribution in [2.75, 3.05) is 0 Å². The third-order valence-corrected chi connectivity index (χ3v) is 29.7. The van der Waals surface area contributed by atoms with Crippen molar-refractivity contribution in [1.82, 2.24) is 0 Å². The number of benzene rings is 4. The zero-order valence-electron chi connectivity index (χ0n) is 33.2. The first-order valence-electron chi connectivity index (χ1n) is 18.7. The van der Waals surface area contributed by atoms with E-state index in [0.29, 0.717) is 0 Å². The maximum absolute atomic E-state index is 6.61. The van der Waals surface area contributed by atoms with E-state index in [1.807, 2.05) is 0 Å². The van der Waals surface area contributed by atoms with Gasteiger partial charge in [-0.25, -0.2) is 0 Å². The molecular formula is C48H52Cl2O2SiZr. The van der Waals surface area contributed by atoms with Gasteiger partial charge < -0.3 is 0 Å². The summed E-state index contributed by atoms with van der Waals surface area (Å²) in [7, 11) is 0. The SMILES string of the molecule is Cc1ccc(C2=Cc3c(cc(C)c(C)c3-c3ccccc3C)[CH]2[Zr]([CH3])([CH3])(=[SiH2])[CH]2C(c3ccc(C)o3)=Cc3c2cc(C)c(C)c3-c2ccccc2C)o1.Cl.Cl. The first kappa shape index (κ1) is 40.3. The fraction of sp³-hybridized carbons (Fsp3) is 0.250. The van der Waals surface area contributed by atoms with Crippen LogP contribution < -0.4 is 0 Å². The van der Waals surface area contributed by atoms with E-state index in [-0.39, 0.29) is 32.1 Å². The van der Waals surface area contributed by atoms with E-state index >= 15 is 0 Å². The van der Waals surface area contributed by atoms with Gasteiger partial charge in [0.1, 0.15) is 0 Å². The summed E-state index contributed by atoms with van der Waals surface area (Å²) in [6, 6.07) is 31.5. The van der Waals surface area contributed by atoms with Gasteiger partial charge in [0.2, 0.25) is 0 Å². The van der Waals surface area contributed by atoms with Gasteiger partial charge in [-0.15, -0.1) is 24.8 Å². The molecule has 2 unspecified atom stereocenters. The predicted octanol–water partition coefficient (Wildman–Crippen LogP) is 13.7. The molecule has 2 heterocycles. The third kappa shape index (κ3) is 6.26. The topological polar surface area (TPSA) is 26.3 Å². The molecule has 0 saturated carbocycles. The van der Waals surface area contributed by atoms with E-state index in [2.05, 4.69) is 169 Å². The molecule has 2 atom stereocenters. The third-order valence-electron chi connectivity index (χ3n) is 12.5. The van der Waals surface area contributed by atoms with Crippen molar-refractivity contribution in [2.24, 2.45) is 0 Å². The van der Waals surface area contributed by atoms with Crippen molar-refractivity contribution in [3.8, 4) is 22.3 Å². The van der Waals surface area contributed by atoms with Crippen molar-refractivity contribution in [3.63, 3.8) is 0 Å². The van der Waals surface area contributed by atoms with Gasteiger partial charge in [0.25, 0.3) is 0 Å². The van der Waals surface area contributed by atoms with Crippen molar-refractivity contribution in [3.05, 3.63) is 164 Å². The number of fused-ring (bicyclic) bond motifs is 2. The van der Waals surface area contributed by atoms with Crippen molar-refractivity contribution >= 4 is 55.0 Å². The molecule has 4 aromatic carbocycles. The van der Waals surface area contributed by atoms with E-state index in [1.54, 1.807) is 0 Å². The standard InChI is InChI=1S/2C23H21O.2CH3.2ClH.H2Si.Zr/c2*1-14-7-5-6-8-20(14)23-17(4)15(2)11-18-12-19(13-21(18)23)22-10-9-16(3)24-22;;;;;;/h2*5-13H,1-4H3;2*1H3;2*1H;1H2;. The summed E-state index contributed by atoms with van der Waals surface area (Å²) in [5.41, 5.74) is 21.7. The fourth-order valence-electron chi connectivity index (χ4n) is 9.74. The average molecular weight is 851 g/mol. The molecule has 2 nitrogen and oxygen atoms in total. The summed E-state index contributed by atoms with van der Waals surface area (Å²) in [6.07, 6.45) is 5.02. The number of rotatable bonds is 6. The maximum Gasteiger partial charge on any atom is -0.147 e. The van der Waals surface area contributed by atoms with Crippen LogP contribution in [0, 0.1) is 55.4 Å². The smallest absolute Gasteiger partial charge is 0.147 e. The molecule has 8 rings (SSSR count). The molecule has 0 N–H and O–H groups in total. The van der Waals surface area contributed by atoms with Gasteiger partial charge >= 0.3 is 314 Å². The molecule has 2 aliphatic carbocycles. The number of furan rings is 2. The van der Waals surface area contributed by atoms with E-state index in [0.717, 1.165) is 23.0 Å². The first-order valence-corrected chi connectivity index (χ1v) is 32.4. The molecule has 0 saturated heterocycles. The van der Waals surface area contributed by atoms with Crippen molar-refractivity contribution in [2.45, 2.75) is 71.9 Å². The van der Waals surface area contributed by atoms with Gasteiger partial charge in [-0.3, -0.25) is 0 Å². The second-order valence-electron chi connectivity index (χ2n) is 16.8. The summed E-state index contributed by atoms with van der Waals surface area (Å²) in [6.45, 7) is 20.2. The second kappa shape index (κ2) is 14.3. The Morgan fingerprint density at radius 3 is 1.20 bits per heavy atom. The van der Waals surface area contributed by atoms with Crippen LogP contribution in [0.4, 0.5) is 0 Å². The van der Waals surface area contributed by atoms with E-state index in [4.69, 9.17) is 8.83 Å². The fourth-order valence-corrected chi connectivity index (χ4v) is 28.1. The van der Waals surface area contributed by atoms with Gasteiger partial charge in [0.05, 0.1) is 0 Å². The molecule has 2 aromatic heterocycles. The van der Waals surface area contributed by atoms with Crippen LogP contribution in [0.2, 0.25) is 9.26 Å². The minimum atomic E-state index is -4.22. The van der Waals surface area contributed by atoms with Crippen molar-refractivity contribution < 1.29 is 26.2 Å². The number of allylic oxidation sites excluding steroid dienone is 2. The Labute approximate surface area is 336 Å². The minimum Gasteiger partial charge on any atom is -0.147 e. The quantitative estimate of drug-likeness (QED) is 0.156. The minimum absolute atomic E-state index is 0. The monoisotopic (exact) mass is 848 g/mol. The van der Waals surface area contributed by atoms with Crippen LogP contribution in [0.3, 0.4) is 0 Å². The van der Waals surface area contributed by atoms with Crippen LogP contribution in [0.1, 0.15) is 85.9 Å². The van der Waals surface area contributed by atoms with Crippen LogP contribution in [0.25, 0.3) is 45.6 Å². The Kier molecular flexibility index (Phi) is 10.6. The molecule has 0 radical (unpaired) electrons. The summed E-state index contributed by atoms with van der Waals surface area (Å²) >= 11 is -4.22. The molecule has 6 aromatic rings. The Morgan fingerprint density at radius 2 is 0.870 bits per heavy atom. The van der Waals surface area contributed by atoms with Gasteiger partial charge in [0.15, 0.2) is 0 Å². The Morgan fingerprint density at radius 1 is 0.500 bits per heavy atom. The van der Waals surface area contributed by atoms with E-state index in [9.17, 15) is 0 Å². The molecule has 0 fully saturated rings. The molecule has 0 amide bonds. The molecule has 278 valence electrons. The van der Waals surface area contributed by atoms with Crippen LogP contribution in [0.15, 0.2) is 93.8 Å². The van der Waals surface area contributed by atoms with Gasteiger partial charge in [0, 0.05) is 0 Å². The molecule has 0 bridgehead atoms. The molecule has 6 heteroatoms. The van der Waals surface area contributed by atoms with Crippen LogP contribution in [-0.2, 0) is 17.4 Å². The number of hydrogen-bond donors (Lipinski definition) is 0. The Hall–Kier alpha value is -3.40. The summed E-state index contributed by atoms with van der Waals surface area (Å²) in [5, 5.41) is 0. The zero-order valence-corrected chi connectivity index (χ0v) is 38.7.